The Morgan fingerprint density at radius 3 is 2.15 bits per heavy atom. The summed E-state index contributed by atoms with van der Waals surface area (Å²) in [5.41, 5.74) is 5.55. The SMILES string of the molecule is CC[C@@H](C(=O)NC)N(Cc1ccc(C)cc1)C(=O)Cc1ccc(C)c(C)c1. The molecule has 2 aromatic carbocycles. The zero-order valence-electron chi connectivity index (χ0n) is 17.0. The van der Waals surface area contributed by atoms with Gasteiger partial charge in [0, 0.05) is 13.6 Å². The molecular formula is C23H30N2O2. The van der Waals surface area contributed by atoms with Crippen LogP contribution in [0.15, 0.2) is 42.5 Å². The molecule has 144 valence electrons. The van der Waals surface area contributed by atoms with Gasteiger partial charge >= 0.3 is 0 Å². The second kappa shape index (κ2) is 9.36. The van der Waals surface area contributed by atoms with Gasteiger partial charge in [-0.05, 0) is 49.4 Å². The Labute approximate surface area is 162 Å². The van der Waals surface area contributed by atoms with Gasteiger partial charge in [0.15, 0.2) is 0 Å². The van der Waals surface area contributed by atoms with Crippen LogP contribution in [0.4, 0.5) is 0 Å². The van der Waals surface area contributed by atoms with Gasteiger partial charge in [0.1, 0.15) is 6.04 Å². The smallest absolute Gasteiger partial charge is 0.242 e. The van der Waals surface area contributed by atoms with Crippen molar-refractivity contribution in [3.05, 3.63) is 70.3 Å². The Kier molecular flexibility index (Phi) is 7.17. The van der Waals surface area contributed by atoms with E-state index in [-0.39, 0.29) is 11.8 Å². The molecule has 0 saturated heterocycles. The average molecular weight is 367 g/mol. The van der Waals surface area contributed by atoms with E-state index in [1.165, 1.54) is 16.7 Å². The summed E-state index contributed by atoms with van der Waals surface area (Å²) in [5.74, 6) is -0.160. The van der Waals surface area contributed by atoms with Crippen LogP contribution in [0.25, 0.3) is 0 Å². The fourth-order valence-electron chi connectivity index (χ4n) is 3.17. The van der Waals surface area contributed by atoms with Crippen LogP contribution in [0.3, 0.4) is 0 Å². The van der Waals surface area contributed by atoms with Crippen LogP contribution in [0.1, 0.15) is 41.2 Å². The normalized spacial score (nSPS) is 11.7. The Morgan fingerprint density at radius 2 is 1.59 bits per heavy atom. The van der Waals surface area contributed by atoms with Crippen LogP contribution in [0.5, 0.6) is 0 Å². The molecule has 4 heteroatoms. The number of nitrogens with one attached hydrogen (secondary N) is 1. The van der Waals surface area contributed by atoms with Crippen LogP contribution in [0.2, 0.25) is 0 Å². The summed E-state index contributed by atoms with van der Waals surface area (Å²) in [5, 5.41) is 2.69. The molecule has 0 aliphatic carbocycles. The molecule has 27 heavy (non-hydrogen) atoms. The number of rotatable bonds is 7. The third-order valence-corrected chi connectivity index (χ3v) is 5.03. The number of benzene rings is 2. The van der Waals surface area contributed by atoms with Crippen LogP contribution in [-0.4, -0.2) is 29.8 Å². The first kappa shape index (κ1) is 20.7. The largest absolute Gasteiger partial charge is 0.357 e. The highest BCUT2D eigenvalue weighted by Gasteiger charge is 2.28. The lowest BCUT2D eigenvalue weighted by Gasteiger charge is -2.30. The standard InChI is InChI=1S/C23H30N2O2/c1-6-21(23(27)24-5)25(15-19-10-7-16(2)8-11-19)22(26)14-20-12-9-17(3)18(4)13-20/h7-13,21H,6,14-15H2,1-5H3,(H,24,27)/t21-/m0/s1. The molecule has 4 nitrogen and oxygen atoms in total. The summed E-state index contributed by atoms with van der Waals surface area (Å²) in [6.45, 7) is 8.50. The maximum atomic E-state index is 13.1. The van der Waals surface area contributed by atoms with E-state index in [0.29, 0.717) is 19.4 Å². The summed E-state index contributed by atoms with van der Waals surface area (Å²) in [6, 6.07) is 13.7. The van der Waals surface area contributed by atoms with Gasteiger partial charge in [-0.2, -0.15) is 0 Å². The first-order chi connectivity index (χ1) is 12.8. The van der Waals surface area contributed by atoms with Gasteiger partial charge in [0.25, 0.3) is 0 Å². The minimum Gasteiger partial charge on any atom is -0.357 e. The Morgan fingerprint density at radius 1 is 0.963 bits per heavy atom. The summed E-state index contributed by atoms with van der Waals surface area (Å²) >= 11 is 0. The van der Waals surface area contributed by atoms with Crippen molar-refractivity contribution >= 4 is 11.8 Å². The highest BCUT2D eigenvalue weighted by molar-refractivity contribution is 5.88. The van der Waals surface area contributed by atoms with Crippen molar-refractivity contribution in [1.29, 1.82) is 0 Å². The lowest BCUT2D eigenvalue weighted by molar-refractivity contribution is -0.140. The second-order valence-electron chi connectivity index (χ2n) is 7.14. The first-order valence-electron chi connectivity index (χ1n) is 9.48. The minimum atomic E-state index is -0.477. The van der Waals surface area contributed by atoms with Crippen molar-refractivity contribution in [2.45, 2.75) is 53.1 Å². The van der Waals surface area contributed by atoms with Crippen LogP contribution < -0.4 is 5.32 Å². The number of hydrogen-bond donors (Lipinski definition) is 1. The van der Waals surface area contributed by atoms with Gasteiger partial charge in [0.2, 0.25) is 11.8 Å². The van der Waals surface area contributed by atoms with Crippen LogP contribution >= 0.6 is 0 Å². The number of carbonyl (C=O) groups is 2. The Balaban J connectivity index is 2.28. The fraction of sp³-hybridized carbons (Fsp3) is 0.391. The number of hydrogen-bond acceptors (Lipinski definition) is 2. The van der Waals surface area contributed by atoms with E-state index in [1.807, 2.05) is 57.2 Å². The van der Waals surface area contributed by atoms with E-state index in [1.54, 1.807) is 11.9 Å². The molecule has 0 fully saturated rings. The highest BCUT2D eigenvalue weighted by Crippen LogP contribution is 2.16. The number of likely N-dealkylation sites (N-methyl/N-ethyl adjacent to an activating group) is 1. The lowest BCUT2D eigenvalue weighted by atomic mass is 10.0. The lowest BCUT2D eigenvalue weighted by Crippen LogP contribution is -2.48. The molecule has 2 rings (SSSR count). The topological polar surface area (TPSA) is 49.4 Å². The molecule has 0 aliphatic heterocycles. The third kappa shape index (κ3) is 5.43. The summed E-state index contributed by atoms with van der Waals surface area (Å²) in [4.78, 5) is 27.2. The quantitative estimate of drug-likeness (QED) is 0.812. The van der Waals surface area contributed by atoms with E-state index in [9.17, 15) is 9.59 Å². The van der Waals surface area contributed by atoms with Crippen LogP contribution in [-0.2, 0) is 22.6 Å². The third-order valence-electron chi connectivity index (χ3n) is 5.03. The molecule has 0 saturated carbocycles. The Bertz CT molecular complexity index is 797. The summed E-state index contributed by atoms with van der Waals surface area (Å²) < 4.78 is 0. The zero-order valence-corrected chi connectivity index (χ0v) is 17.0. The number of amides is 2. The van der Waals surface area contributed by atoms with Crippen molar-refractivity contribution < 1.29 is 9.59 Å². The molecule has 0 radical (unpaired) electrons. The van der Waals surface area contributed by atoms with Gasteiger partial charge in [-0.1, -0.05) is 55.0 Å². The van der Waals surface area contributed by atoms with Gasteiger partial charge in [-0.3, -0.25) is 9.59 Å². The number of nitrogens with zero attached hydrogens (tertiary/aromatic N) is 1. The molecule has 2 amide bonds. The van der Waals surface area contributed by atoms with Crippen molar-refractivity contribution in [2.75, 3.05) is 7.05 Å². The van der Waals surface area contributed by atoms with Crippen molar-refractivity contribution in [3.63, 3.8) is 0 Å². The second-order valence-corrected chi connectivity index (χ2v) is 7.14. The summed E-state index contributed by atoms with van der Waals surface area (Å²) in [6.07, 6.45) is 0.866. The predicted octanol–water partition coefficient (Wildman–Crippen LogP) is 3.71. The molecule has 0 bridgehead atoms. The molecule has 1 N–H and O–H groups in total. The van der Waals surface area contributed by atoms with Gasteiger partial charge in [0.05, 0.1) is 6.42 Å². The number of carbonyl (C=O) groups excluding carboxylic acids is 2. The summed E-state index contributed by atoms with van der Waals surface area (Å²) in [7, 11) is 1.61. The van der Waals surface area contributed by atoms with E-state index in [0.717, 1.165) is 11.1 Å². The fourth-order valence-corrected chi connectivity index (χ4v) is 3.17. The van der Waals surface area contributed by atoms with Crippen molar-refractivity contribution in [1.82, 2.24) is 10.2 Å². The molecule has 0 aromatic heterocycles. The van der Waals surface area contributed by atoms with Crippen molar-refractivity contribution in [2.24, 2.45) is 0 Å². The minimum absolute atomic E-state index is 0.0331. The van der Waals surface area contributed by atoms with E-state index in [4.69, 9.17) is 0 Å². The van der Waals surface area contributed by atoms with Gasteiger partial charge < -0.3 is 10.2 Å². The number of aryl methyl sites for hydroxylation is 3. The van der Waals surface area contributed by atoms with Gasteiger partial charge in [-0.25, -0.2) is 0 Å². The van der Waals surface area contributed by atoms with E-state index in [2.05, 4.69) is 18.3 Å². The zero-order chi connectivity index (χ0) is 20.0. The molecular weight excluding hydrogens is 336 g/mol. The molecule has 1 atom stereocenters. The monoisotopic (exact) mass is 366 g/mol. The Hall–Kier alpha value is -2.62. The van der Waals surface area contributed by atoms with E-state index >= 15 is 0 Å². The van der Waals surface area contributed by atoms with Crippen LogP contribution in [0, 0.1) is 20.8 Å². The first-order valence-corrected chi connectivity index (χ1v) is 9.48. The molecule has 0 unspecified atom stereocenters. The van der Waals surface area contributed by atoms with Gasteiger partial charge in [-0.15, -0.1) is 0 Å². The predicted molar refractivity (Wildman–Crippen MR) is 109 cm³/mol. The molecule has 2 aromatic rings. The van der Waals surface area contributed by atoms with E-state index < -0.39 is 6.04 Å². The molecule has 0 heterocycles. The maximum Gasteiger partial charge on any atom is 0.242 e. The molecule has 0 spiro atoms. The maximum absolute atomic E-state index is 13.1. The molecule has 0 aliphatic rings. The van der Waals surface area contributed by atoms with Crippen molar-refractivity contribution in [3.8, 4) is 0 Å². The average Bonchev–Trinajstić information content (AvgIpc) is 2.65. The highest BCUT2D eigenvalue weighted by atomic mass is 16.2.